The third kappa shape index (κ3) is 6.36. The van der Waals surface area contributed by atoms with Crippen molar-refractivity contribution in [3.63, 3.8) is 0 Å². The van der Waals surface area contributed by atoms with E-state index in [2.05, 4.69) is 10.2 Å². The van der Waals surface area contributed by atoms with Crippen LogP contribution in [0.2, 0.25) is 10.0 Å². The summed E-state index contributed by atoms with van der Waals surface area (Å²) in [4.78, 5) is 15.0. The van der Waals surface area contributed by atoms with Crippen molar-refractivity contribution in [2.75, 3.05) is 19.7 Å². The second-order valence-electron chi connectivity index (χ2n) is 7.77. The third-order valence-corrected chi connectivity index (χ3v) is 5.93. The summed E-state index contributed by atoms with van der Waals surface area (Å²) in [5.74, 6) is 1.03. The van der Waals surface area contributed by atoms with Crippen molar-refractivity contribution in [3.05, 3.63) is 63.6 Å². The Bertz CT molecular complexity index is 835. The van der Waals surface area contributed by atoms with Crippen LogP contribution in [0.15, 0.2) is 42.5 Å². The van der Waals surface area contributed by atoms with Gasteiger partial charge in [0.1, 0.15) is 12.4 Å². The molecule has 0 radical (unpaired) electrons. The highest BCUT2D eigenvalue weighted by molar-refractivity contribution is 6.35. The second kappa shape index (κ2) is 10.3. The molecule has 0 spiro atoms. The summed E-state index contributed by atoms with van der Waals surface area (Å²) < 4.78 is 5.84. The van der Waals surface area contributed by atoms with Gasteiger partial charge in [0.05, 0.1) is 6.04 Å². The predicted molar refractivity (Wildman–Crippen MR) is 119 cm³/mol. The number of amides is 1. The second-order valence-corrected chi connectivity index (χ2v) is 8.62. The minimum Gasteiger partial charge on any atom is -0.491 e. The molecule has 1 aliphatic rings. The summed E-state index contributed by atoms with van der Waals surface area (Å²) in [6.45, 7) is 7.00. The van der Waals surface area contributed by atoms with Crippen molar-refractivity contribution in [2.45, 2.75) is 39.3 Å². The van der Waals surface area contributed by atoms with E-state index in [4.69, 9.17) is 27.9 Å². The van der Waals surface area contributed by atoms with E-state index >= 15 is 0 Å². The van der Waals surface area contributed by atoms with Crippen LogP contribution in [-0.4, -0.2) is 36.5 Å². The Morgan fingerprint density at radius 2 is 1.93 bits per heavy atom. The maximum Gasteiger partial charge on any atom is 0.223 e. The van der Waals surface area contributed by atoms with Gasteiger partial charge in [0.2, 0.25) is 5.91 Å². The summed E-state index contributed by atoms with van der Waals surface area (Å²) in [5.41, 5.74) is 2.17. The van der Waals surface area contributed by atoms with E-state index in [1.807, 2.05) is 50.2 Å². The number of carbonyl (C=O) groups excluding carboxylic acids is 1. The topological polar surface area (TPSA) is 41.6 Å². The number of rotatable bonds is 7. The van der Waals surface area contributed by atoms with Gasteiger partial charge in [-0.3, -0.25) is 9.69 Å². The van der Waals surface area contributed by atoms with Gasteiger partial charge < -0.3 is 10.1 Å². The molecule has 0 aliphatic carbocycles. The van der Waals surface area contributed by atoms with E-state index in [0.717, 1.165) is 49.4 Å². The summed E-state index contributed by atoms with van der Waals surface area (Å²) >= 11 is 12.3. The normalized spacial score (nSPS) is 16.4. The number of nitrogens with zero attached hydrogens (tertiary/aromatic N) is 1. The lowest BCUT2D eigenvalue weighted by Crippen LogP contribution is -2.44. The van der Waals surface area contributed by atoms with E-state index in [9.17, 15) is 4.79 Å². The Balaban J connectivity index is 1.41. The first-order valence-corrected chi connectivity index (χ1v) is 10.8. The number of likely N-dealkylation sites (tertiary alicyclic amines) is 1. The number of hydrogen-bond acceptors (Lipinski definition) is 3. The maximum atomic E-state index is 12.6. The minimum absolute atomic E-state index is 0.0343. The molecule has 1 fully saturated rings. The standard InChI is InChI=1S/C23H28Cl2N2O2/c1-16-5-3-4-6-22(16)29-15-17(2)26-23(28)18-9-11-27(12-10-18)14-19-7-8-20(24)13-21(19)25/h3-8,13,17-18H,9-12,14-15H2,1-2H3,(H,26,28)/t17-/m1/s1. The quantitative estimate of drug-likeness (QED) is 0.658. The molecular formula is C23H28Cl2N2O2. The van der Waals surface area contributed by atoms with Crippen LogP contribution in [0.1, 0.15) is 30.9 Å². The van der Waals surface area contributed by atoms with Crippen molar-refractivity contribution in [3.8, 4) is 5.75 Å². The molecule has 1 heterocycles. The fourth-order valence-electron chi connectivity index (χ4n) is 3.58. The summed E-state index contributed by atoms with van der Waals surface area (Å²) in [6, 6.07) is 13.5. The van der Waals surface area contributed by atoms with Crippen LogP contribution in [-0.2, 0) is 11.3 Å². The first-order chi connectivity index (χ1) is 13.9. The number of para-hydroxylation sites is 1. The zero-order valence-corrected chi connectivity index (χ0v) is 18.5. The number of piperidine rings is 1. The molecule has 6 heteroatoms. The molecule has 0 saturated carbocycles. The van der Waals surface area contributed by atoms with Crippen molar-refractivity contribution in [1.82, 2.24) is 10.2 Å². The highest BCUT2D eigenvalue weighted by Gasteiger charge is 2.26. The van der Waals surface area contributed by atoms with Crippen LogP contribution in [0.3, 0.4) is 0 Å². The van der Waals surface area contributed by atoms with Crippen LogP contribution in [0.4, 0.5) is 0 Å². The number of hydrogen-bond donors (Lipinski definition) is 1. The Labute approximate surface area is 183 Å². The van der Waals surface area contributed by atoms with E-state index in [0.29, 0.717) is 16.7 Å². The Hall–Kier alpha value is -1.75. The maximum absolute atomic E-state index is 12.6. The van der Waals surface area contributed by atoms with E-state index in [1.54, 1.807) is 6.07 Å². The van der Waals surface area contributed by atoms with Crippen LogP contribution in [0.5, 0.6) is 5.75 Å². The first kappa shape index (κ1) is 21.9. The fraction of sp³-hybridized carbons (Fsp3) is 0.435. The van der Waals surface area contributed by atoms with E-state index in [-0.39, 0.29) is 17.9 Å². The average Bonchev–Trinajstić information content (AvgIpc) is 2.70. The molecule has 3 rings (SSSR count). The number of ether oxygens (including phenoxy) is 1. The average molecular weight is 435 g/mol. The third-order valence-electron chi connectivity index (χ3n) is 5.34. The fourth-order valence-corrected chi connectivity index (χ4v) is 4.05. The molecule has 0 aromatic heterocycles. The molecule has 1 N–H and O–H groups in total. The monoisotopic (exact) mass is 434 g/mol. The molecule has 1 amide bonds. The zero-order chi connectivity index (χ0) is 20.8. The lowest BCUT2D eigenvalue weighted by atomic mass is 9.95. The van der Waals surface area contributed by atoms with Crippen molar-refractivity contribution in [1.29, 1.82) is 0 Å². The van der Waals surface area contributed by atoms with Gasteiger partial charge in [-0.05, 0) is 69.1 Å². The van der Waals surface area contributed by atoms with Crippen LogP contribution in [0.25, 0.3) is 0 Å². The van der Waals surface area contributed by atoms with E-state index in [1.165, 1.54) is 0 Å². The van der Waals surface area contributed by atoms with Gasteiger partial charge in [-0.1, -0.05) is 47.5 Å². The Morgan fingerprint density at radius 3 is 2.62 bits per heavy atom. The molecule has 29 heavy (non-hydrogen) atoms. The highest BCUT2D eigenvalue weighted by atomic mass is 35.5. The molecule has 2 aromatic rings. The number of aryl methyl sites for hydroxylation is 1. The number of nitrogens with one attached hydrogen (secondary N) is 1. The minimum atomic E-state index is -0.0343. The molecule has 1 saturated heterocycles. The van der Waals surface area contributed by atoms with Crippen LogP contribution >= 0.6 is 23.2 Å². The van der Waals surface area contributed by atoms with Crippen molar-refractivity contribution >= 4 is 29.1 Å². The van der Waals surface area contributed by atoms with Gasteiger partial charge in [-0.25, -0.2) is 0 Å². The predicted octanol–water partition coefficient (Wildman–Crippen LogP) is 5.10. The lowest BCUT2D eigenvalue weighted by molar-refractivity contribution is -0.127. The Morgan fingerprint density at radius 1 is 1.21 bits per heavy atom. The van der Waals surface area contributed by atoms with Crippen LogP contribution < -0.4 is 10.1 Å². The smallest absolute Gasteiger partial charge is 0.223 e. The van der Waals surface area contributed by atoms with Gasteiger partial charge >= 0.3 is 0 Å². The van der Waals surface area contributed by atoms with Crippen LogP contribution in [0, 0.1) is 12.8 Å². The van der Waals surface area contributed by atoms with E-state index < -0.39 is 0 Å². The SMILES string of the molecule is Cc1ccccc1OC[C@@H](C)NC(=O)C1CCN(Cc2ccc(Cl)cc2Cl)CC1. The van der Waals surface area contributed by atoms with Crippen molar-refractivity contribution in [2.24, 2.45) is 5.92 Å². The lowest BCUT2D eigenvalue weighted by Gasteiger charge is -2.32. The largest absolute Gasteiger partial charge is 0.491 e. The number of carbonyl (C=O) groups is 1. The molecule has 1 aliphatic heterocycles. The molecule has 2 aromatic carbocycles. The Kier molecular flexibility index (Phi) is 7.82. The van der Waals surface area contributed by atoms with Gasteiger partial charge in [0, 0.05) is 22.5 Å². The van der Waals surface area contributed by atoms with Gasteiger partial charge in [-0.15, -0.1) is 0 Å². The van der Waals surface area contributed by atoms with Crippen molar-refractivity contribution < 1.29 is 9.53 Å². The molecular weight excluding hydrogens is 407 g/mol. The molecule has 4 nitrogen and oxygen atoms in total. The highest BCUT2D eigenvalue weighted by Crippen LogP contribution is 2.25. The van der Waals surface area contributed by atoms with Gasteiger partial charge in [0.25, 0.3) is 0 Å². The zero-order valence-electron chi connectivity index (χ0n) is 17.0. The summed E-state index contributed by atoms with van der Waals surface area (Å²) in [6.07, 6.45) is 1.70. The number of halogens is 2. The molecule has 0 bridgehead atoms. The number of benzene rings is 2. The van der Waals surface area contributed by atoms with Gasteiger partial charge in [0.15, 0.2) is 0 Å². The molecule has 0 unspecified atom stereocenters. The van der Waals surface area contributed by atoms with Gasteiger partial charge in [-0.2, -0.15) is 0 Å². The molecule has 1 atom stereocenters. The first-order valence-electron chi connectivity index (χ1n) is 10.1. The molecule has 156 valence electrons. The summed E-state index contributed by atoms with van der Waals surface area (Å²) in [5, 5.41) is 4.44. The summed E-state index contributed by atoms with van der Waals surface area (Å²) in [7, 11) is 0.